The van der Waals surface area contributed by atoms with Crippen LogP contribution >= 0.6 is 26.8 Å². The van der Waals surface area contributed by atoms with Gasteiger partial charge in [-0.25, -0.2) is 0 Å². The Morgan fingerprint density at radius 2 is 1.57 bits per heavy atom. The molecule has 4 N–H and O–H groups in total. The molecule has 1 aliphatic rings. The smallest absolute Gasteiger partial charge is 0.324 e. The van der Waals surface area contributed by atoms with Crippen LogP contribution in [0.2, 0.25) is 0 Å². The summed E-state index contributed by atoms with van der Waals surface area (Å²) in [5.74, 6) is 0. The van der Waals surface area contributed by atoms with Crippen molar-refractivity contribution in [2.24, 2.45) is 0 Å². The molecule has 0 bridgehead atoms. The fourth-order valence-electron chi connectivity index (χ4n) is 1.65. The zero-order chi connectivity index (χ0) is 11.2. The Labute approximate surface area is 85.6 Å². The van der Waals surface area contributed by atoms with E-state index in [0.29, 0.717) is 0 Å². The lowest BCUT2D eigenvalue weighted by Gasteiger charge is -2.30. The first-order valence-electron chi connectivity index (χ1n) is 3.85. The van der Waals surface area contributed by atoms with E-state index in [-0.39, 0.29) is 19.3 Å². The molecule has 9 heteroatoms. The molecule has 6 nitrogen and oxygen atoms in total. The molecule has 1 rings (SSSR count). The lowest BCUT2D eigenvalue weighted by Crippen LogP contribution is -2.25. The molecule has 0 aromatic carbocycles. The summed E-state index contributed by atoms with van der Waals surface area (Å²) < 4.78 is 22.2. The van der Waals surface area contributed by atoms with Gasteiger partial charge in [-0.15, -0.1) is 11.6 Å². The van der Waals surface area contributed by atoms with Crippen LogP contribution in [0.15, 0.2) is 0 Å². The molecule has 0 spiro atoms. The Kier molecular flexibility index (Phi) is 3.22. The van der Waals surface area contributed by atoms with Gasteiger partial charge in [0, 0.05) is 5.38 Å². The minimum atomic E-state index is -4.85. The number of rotatable bonds is 2. The van der Waals surface area contributed by atoms with Crippen molar-refractivity contribution in [3.8, 4) is 0 Å². The summed E-state index contributed by atoms with van der Waals surface area (Å²) in [5.41, 5.74) is 0. The number of hydrogen-bond donors (Lipinski definition) is 4. The minimum absolute atomic E-state index is 0.206. The predicted molar refractivity (Wildman–Crippen MR) is 50.3 cm³/mol. The van der Waals surface area contributed by atoms with Gasteiger partial charge in [0.25, 0.3) is 0 Å². The zero-order valence-electron chi connectivity index (χ0n) is 7.08. The quantitative estimate of drug-likeness (QED) is 0.434. The van der Waals surface area contributed by atoms with Crippen LogP contribution in [0.25, 0.3) is 0 Å². The second-order valence-corrected chi connectivity index (χ2v) is 8.27. The lowest BCUT2D eigenvalue weighted by atomic mass is 10.4. The Bertz CT molecular complexity index is 296. The van der Waals surface area contributed by atoms with Crippen molar-refractivity contribution in [3.05, 3.63) is 0 Å². The first-order valence-corrected chi connectivity index (χ1v) is 7.52. The van der Waals surface area contributed by atoms with Crippen molar-refractivity contribution in [2.45, 2.75) is 29.5 Å². The van der Waals surface area contributed by atoms with Gasteiger partial charge in [-0.2, -0.15) is 0 Å². The Hall–Kier alpha value is 0.590. The van der Waals surface area contributed by atoms with E-state index in [1.54, 1.807) is 0 Å². The van der Waals surface area contributed by atoms with Gasteiger partial charge in [-0.05, 0) is 19.3 Å². The average Bonchev–Trinajstić information content (AvgIpc) is 2.28. The van der Waals surface area contributed by atoms with Gasteiger partial charge in [0.1, 0.15) is 0 Å². The number of alkyl halides is 1. The third-order valence-electron chi connectivity index (χ3n) is 2.49. The lowest BCUT2D eigenvalue weighted by molar-refractivity contribution is 0.308. The van der Waals surface area contributed by atoms with Crippen molar-refractivity contribution in [3.63, 3.8) is 0 Å². The minimum Gasteiger partial charge on any atom is -0.324 e. The Morgan fingerprint density at radius 3 is 1.71 bits per heavy atom. The Morgan fingerprint density at radius 1 is 1.14 bits per heavy atom. The van der Waals surface area contributed by atoms with Gasteiger partial charge in [0.2, 0.25) is 0 Å². The summed E-state index contributed by atoms with van der Waals surface area (Å²) in [6.07, 6.45) is -0.378. The van der Waals surface area contributed by atoms with Crippen LogP contribution in [0.3, 0.4) is 0 Å². The van der Waals surface area contributed by atoms with Gasteiger partial charge in [0.05, 0.1) is 0 Å². The SMILES string of the molecule is O=P(O)(O)C1(P(=O)(O)O)CCC(Cl)C1. The van der Waals surface area contributed by atoms with Crippen LogP contribution in [0.1, 0.15) is 19.3 Å². The van der Waals surface area contributed by atoms with Crippen LogP contribution in [-0.4, -0.2) is 29.8 Å². The highest BCUT2D eigenvalue weighted by molar-refractivity contribution is 7.72. The molecule has 0 saturated heterocycles. The van der Waals surface area contributed by atoms with Crippen molar-refractivity contribution in [2.75, 3.05) is 0 Å². The molecule has 84 valence electrons. The van der Waals surface area contributed by atoms with E-state index >= 15 is 0 Å². The molecule has 0 aromatic rings. The molecule has 1 aliphatic carbocycles. The van der Waals surface area contributed by atoms with Crippen LogP contribution in [0.5, 0.6) is 0 Å². The maximum atomic E-state index is 11.1. The first-order chi connectivity index (χ1) is 6.10. The molecule has 0 aliphatic heterocycles. The Balaban J connectivity index is 3.19. The van der Waals surface area contributed by atoms with Crippen molar-refractivity contribution < 1.29 is 28.7 Å². The van der Waals surface area contributed by atoms with Crippen molar-refractivity contribution in [1.29, 1.82) is 0 Å². The highest BCUT2D eigenvalue weighted by Gasteiger charge is 2.62. The van der Waals surface area contributed by atoms with E-state index in [2.05, 4.69) is 0 Å². The summed E-state index contributed by atoms with van der Waals surface area (Å²) in [6, 6.07) is 0. The van der Waals surface area contributed by atoms with E-state index in [0.717, 1.165) is 0 Å². The van der Waals surface area contributed by atoms with Gasteiger partial charge >= 0.3 is 15.2 Å². The molecule has 0 heterocycles. The fraction of sp³-hybridized carbons (Fsp3) is 1.00. The molecule has 14 heavy (non-hydrogen) atoms. The topological polar surface area (TPSA) is 115 Å². The third kappa shape index (κ3) is 1.93. The van der Waals surface area contributed by atoms with E-state index in [1.807, 2.05) is 0 Å². The van der Waals surface area contributed by atoms with Crippen molar-refractivity contribution in [1.82, 2.24) is 0 Å². The van der Waals surface area contributed by atoms with E-state index < -0.39 is 25.5 Å². The summed E-state index contributed by atoms with van der Waals surface area (Å²) in [5, 5.41) is -0.588. The second kappa shape index (κ2) is 3.56. The normalized spacial score (nSPS) is 27.9. The molecular formula is C5H11ClO6P2. The number of halogens is 1. The first kappa shape index (κ1) is 12.7. The predicted octanol–water partition coefficient (Wildman–Crippen LogP) is 0.829. The molecular weight excluding hydrogens is 253 g/mol. The molecule has 0 aromatic heterocycles. The maximum Gasteiger partial charge on any atom is 0.343 e. The molecule has 1 saturated carbocycles. The third-order valence-corrected chi connectivity index (χ3v) is 7.41. The summed E-state index contributed by atoms with van der Waals surface area (Å²) >= 11 is 5.62. The van der Waals surface area contributed by atoms with E-state index in [1.165, 1.54) is 0 Å². The summed E-state index contributed by atoms with van der Waals surface area (Å²) in [7, 11) is -9.70. The number of hydrogen-bond acceptors (Lipinski definition) is 2. The van der Waals surface area contributed by atoms with E-state index in [4.69, 9.17) is 31.2 Å². The van der Waals surface area contributed by atoms with Gasteiger partial charge in [0.15, 0.2) is 4.90 Å². The van der Waals surface area contributed by atoms with Crippen LogP contribution in [0, 0.1) is 0 Å². The van der Waals surface area contributed by atoms with E-state index in [9.17, 15) is 9.13 Å². The average molecular weight is 265 g/mol. The highest BCUT2D eigenvalue weighted by Crippen LogP contribution is 2.75. The standard InChI is InChI=1S/C5H11ClO6P2/c6-4-1-2-5(3-4,13(7,8)9)14(10,11)12/h4H,1-3H2,(H2,7,8,9)(H2,10,11,12). The second-order valence-electron chi connectivity index (χ2n) is 3.41. The molecule has 1 atom stereocenters. The van der Waals surface area contributed by atoms with Crippen LogP contribution < -0.4 is 0 Å². The molecule has 1 fully saturated rings. The van der Waals surface area contributed by atoms with Gasteiger partial charge in [-0.3, -0.25) is 9.13 Å². The molecule has 0 amide bonds. The monoisotopic (exact) mass is 264 g/mol. The summed E-state index contributed by atoms with van der Waals surface area (Å²) in [4.78, 5) is 33.7. The van der Waals surface area contributed by atoms with Crippen molar-refractivity contribution >= 4 is 26.8 Å². The zero-order valence-corrected chi connectivity index (χ0v) is 9.62. The molecule has 0 radical (unpaired) electrons. The maximum absolute atomic E-state index is 11.1. The largest absolute Gasteiger partial charge is 0.343 e. The summed E-state index contributed by atoms with van der Waals surface area (Å²) in [6.45, 7) is 0. The molecule has 1 unspecified atom stereocenters. The van der Waals surface area contributed by atoms with Crippen LogP contribution in [-0.2, 0) is 9.13 Å². The highest BCUT2D eigenvalue weighted by atomic mass is 35.5. The fourth-order valence-corrected chi connectivity index (χ4v) is 5.35. The van der Waals surface area contributed by atoms with Gasteiger partial charge in [-0.1, -0.05) is 0 Å². The van der Waals surface area contributed by atoms with Crippen LogP contribution in [0.4, 0.5) is 0 Å². The van der Waals surface area contributed by atoms with Gasteiger partial charge < -0.3 is 19.6 Å².